The van der Waals surface area contributed by atoms with Crippen molar-refractivity contribution in [1.82, 2.24) is 19.4 Å². The predicted molar refractivity (Wildman–Crippen MR) is 149 cm³/mol. The molecule has 3 aliphatic rings. The van der Waals surface area contributed by atoms with Crippen LogP contribution in [-0.4, -0.2) is 61.8 Å². The van der Waals surface area contributed by atoms with Gasteiger partial charge >= 0.3 is 6.09 Å². The molecule has 2 aromatic heterocycles. The fourth-order valence-corrected chi connectivity index (χ4v) is 6.84. The van der Waals surface area contributed by atoms with Crippen molar-refractivity contribution in [2.45, 2.75) is 89.7 Å². The lowest BCUT2D eigenvalue weighted by atomic mass is 9.98. The van der Waals surface area contributed by atoms with Crippen molar-refractivity contribution in [2.24, 2.45) is 0 Å². The van der Waals surface area contributed by atoms with Crippen molar-refractivity contribution in [3.63, 3.8) is 0 Å². The quantitative estimate of drug-likeness (QED) is 0.317. The zero-order valence-electron chi connectivity index (χ0n) is 22.9. The highest BCUT2D eigenvalue weighted by molar-refractivity contribution is 9.10. The van der Waals surface area contributed by atoms with Gasteiger partial charge in [0.2, 0.25) is 0 Å². The average molecular weight is 638 g/mol. The number of rotatable bonds is 3. The lowest BCUT2D eigenvalue weighted by Gasteiger charge is -2.33. The second-order valence-electron chi connectivity index (χ2n) is 11.9. The van der Waals surface area contributed by atoms with Gasteiger partial charge in [-0.05, 0) is 74.7 Å². The SMILES string of the molecule is CC(C)(C)OC(=O)N1CCc2c(F)ccc(O[C@H]3C[C@@H](n4cc(Br)c5c(Cl)ncnc54)[C@@H]4OC(C)(C)O[C@@H]43)c2C1. The molecular formula is C28H31BrClFN4O5. The van der Waals surface area contributed by atoms with Crippen molar-refractivity contribution < 1.29 is 28.1 Å². The zero-order valence-corrected chi connectivity index (χ0v) is 25.3. The van der Waals surface area contributed by atoms with Crippen LogP contribution in [0.1, 0.15) is 58.2 Å². The van der Waals surface area contributed by atoms with Gasteiger partial charge in [-0.3, -0.25) is 0 Å². The molecule has 40 heavy (non-hydrogen) atoms. The third-order valence-corrected chi connectivity index (χ3v) is 8.39. The van der Waals surface area contributed by atoms with Crippen LogP contribution in [0.25, 0.3) is 11.0 Å². The van der Waals surface area contributed by atoms with Crippen molar-refractivity contribution in [3.05, 3.63) is 51.2 Å². The topological polar surface area (TPSA) is 87.9 Å². The number of carbonyl (C=O) groups is 1. The van der Waals surface area contributed by atoms with Crippen LogP contribution in [0.2, 0.25) is 5.15 Å². The normalized spacial score (nSPS) is 25.6. The summed E-state index contributed by atoms with van der Waals surface area (Å²) >= 11 is 9.98. The Labute approximate surface area is 245 Å². The Morgan fingerprint density at radius 1 is 1.20 bits per heavy atom. The zero-order chi connectivity index (χ0) is 28.6. The monoisotopic (exact) mass is 636 g/mol. The number of nitrogens with zero attached hydrogens (tertiary/aromatic N) is 4. The van der Waals surface area contributed by atoms with Gasteiger partial charge in [-0.1, -0.05) is 11.6 Å². The lowest BCUT2D eigenvalue weighted by Crippen LogP contribution is -2.40. The van der Waals surface area contributed by atoms with E-state index in [0.29, 0.717) is 47.1 Å². The molecule has 2 fully saturated rings. The minimum absolute atomic E-state index is 0.175. The molecule has 1 aromatic carbocycles. The molecule has 4 atom stereocenters. The van der Waals surface area contributed by atoms with E-state index in [-0.39, 0.29) is 30.6 Å². The fourth-order valence-electron chi connectivity index (χ4n) is 5.91. The van der Waals surface area contributed by atoms with E-state index in [1.54, 1.807) is 11.0 Å². The number of ether oxygens (including phenoxy) is 4. The van der Waals surface area contributed by atoms with Gasteiger partial charge in [-0.2, -0.15) is 0 Å². The minimum Gasteiger partial charge on any atom is -0.487 e. The second kappa shape index (κ2) is 9.82. The Morgan fingerprint density at radius 3 is 2.70 bits per heavy atom. The number of hydrogen-bond acceptors (Lipinski definition) is 7. The summed E-state index contributed by atoms with van der Waals surface area (Å²) in [7, 11) is 0. The van der Waals surface area contributed by atoms with Gasteiger partial charge in [0, 0.05) is 29.2 Å². The van der Waals surface area contributed by atoms with Crippen LogP contribution in [-0.2, 0) is 27.2 Å². The largest absolute Gasteiger partial charge is 0.487 e. The van der Waals surface area contributed by atoms with Crippen LogP contribution in [0.5, 0.6) is 5.75 Å². The van der Waals surface area contributed by atoms with Crippen molar-refractivity contribution in [1.29, 1.82) is 0 Å². The smallest absolute Gasteiger partial charge is 0.410 e. The third kappa shape index (κ3) is 4.95. The van der Waals surface area contributed by atoms with Crippen LogP contribution in [0.3, 0.4) is 0 Å². The highest BCUT2D eigenvalue weighted by atomic mass is 79.9. The summed E-state index contributed by atoms with van der Waals surface area (Å²) in [5.74, 6) is -0.612. The van der Waals surface area contributed by atoms with Gasteiger partial charge in [0.1, 0.15) is 52.6 Å². The third-order valence-electron chi connectivity index (χ3n) is 7.50. The molecule has 3 aromatic rings. The highest BCUT2D eigenvalue weighted by Gasteiger charge is 2.56. The van der Waals surface area contributed by atoms with Crippen LogP contribution in [0.15, 0.2) is 29.1 Å². The van der Waals surface area contributed by atoms with Crippen LogP contribution in [0.4, 0.5) is 9.18 Å². The number of halogens is 3. The van der Waals surface area contributed by atoms with E-state index in [2.05, 4.69) is 25.9 Å². The lowest BCUT2D eigenvalue weighted by molar-refractivity contribution is -0.163. The number of carbonyl (C=O) groups excluding carboxylic acids is 1. The molecule has 2 aliphatic heterocycles. The number of hydrogen-bond donors (Lipinski definition) is 0. The Morgan fingerprint density at radius 2 is 1.95 bits per heavy atom. The van der Waals surface area contributed by atoms with E-state index in [1.165, 1.54) is 12.4 Å². The van der Waals surface area contributed by atoms with E-state index in [1.807, 2.05) is 45.4 Å². The van der Waals surface area contributed by atoms with E-state index >= 15 is 0 Å². The molecule has 1 saturated carbocycles. The van der Waals surface area contributed by atoms with Gasteiger partial charge in [0.15, 0.2) is 5.79 Å². The standard InChI is InChI=1S/C28H31BrClFN4O5/c1-27(2,3)40-26(36)34-9-8-14-15(11-34)19(7-6-17(14)31)37-20-10-18(22-23(20)39-28(4,5)38-22)35-12-16(29)21-24(30)32-13-33-25(21)35/h6-7,12-13,18,20,22-23H,8-11H2,1-5H3/t18-,20+,22+,23-/m1/s1. The first-order chi connectivity index (χ1) is 18.8. The maximum absolute atomic E-state index is 14.9. The van der Waals surface area contributed by atoms with E-state index in [0.717, 1.165) is 9.86 Å². The summed E-state index contributed by atoms with van der Waals surface area (Å²) in [5, 5.41) is 1.08. The molecule has 12 heteroatoms. The Hall–Kier alpha value is -2.47. The molecule has 0 spiro atoms. The molecule has 1 amide bonds. The first kappa shape index (κ1) is 27.7. The van der Waals surface area contributed by atoms with E-state index in [4.69, 9.17) is 30.5 Å². The molecule has 0 bridgehead atoms. The van der Waals surface area contributed by atoms with Gasteiger partial charge in [-0.25, -0.2) is 19.2 Å². The van der Waals surface area contributed by atoms with E-state index in [9.17, 15) is 9.18 Å². The highest BCUT2D eigenvalue weighted by Crippen LogP contribution is 2.47. The van der Waals surface area contributed by atoms with Crippen molar-refractivity contribution in [2.75, 3.05) is 6.54 Å². The Balaban J connectivity index is 1.32. The summed E-state index contributed by atoms with van der Waals surface area (Å²) < 4.78 is 42.6. The van der Waals surface area contributed by atoms with Gasteiger partial charge < -0.3 is 28.4 Å². The fraction of sp³-hybridized carbons (Fsp3) is 0.536. The minimum atomic E-state index is -0.821. The number of benzene rings is 1. The summed E-state index contributed by atoms with van der Waals surface area (Å²) in [4.78, 5) is 23.0. The van der Waals surface area contributed by atoms with Crippen LogP contribution >= 0.6 is 27.5 Å². The molecule has 1 aliphatic carbocycles. The second-order valence-corrected chi connectivity index (χ2v) is 13.1. The molecule has 214 valence electrons. The maximum Gasteiger partial charge on any atom is 0.410 e. The molecule has 4 heterocycles. The molecule has 6 rings (SSSR count). The molecule has 0 radical (unpaired) electrons. The van der Waals surface area contributed by atoms with E-state index < -0.39 is 23.6 Å². The number of aromatic nitrogens is 3. The van der Waals surface area contributed by atoms with Crippen LogP contribution in [0, 0.1) is 5.82 Å². The first-order valence-electron chi connectivity index (χ1n) is 13.3. The Kier molecular flexibility index (Phi) is 6.80. The molecule has 9 nitrogen and oxygen atoms in total. The summed E-state index contributed by atoms with van der Waals surface area (Å²) in [6.45, 7) is 9.77. The summed E-state index contributed by atoms with van der Waals surface area (Å²) in [6.07, 6.45) is 2.73. The van der Waals surface area contributed by atoms with Gasteiger partial charge in [0.25, 0.3) is 0 Å². The van der Waals surface area contributed by atoms with Gasteiger partial charge in [-0.15, -0.1) is 0 Å². The molecule has 0 N–H and O–H groups in total. The van der Waals surface area contributed by atoms with Gasteiger partial charge in [0.05, 0.1) is 18.0 Å². The van der Waals surface area contributed by atoms with Crippen molar-refractivity contribution in [3.8, 4) is 5.75 Å². The molecular weight excluding hydrogens is 607 g/mol. The van der Waals surface area contributed by atoms with Crippen molar-refractivity contribution >= 4 is 44.7 Å². The molecule has 1 saturated heterocycles. The predicted octanol–water partition coefficient (Wildman–Crippen LogP) is 6.19. The van der Waals surface area contributed by atoms with Crippen LogP contribution < -0.4 is 4.74 Å². The summed E-state index contributed by atoms with van der Waals surface area (Å²) in [5.41, 5.74) is 1.24. The number of amides is 1. The number of fused-ring (bicyclic) bond motifs is 3. The molecule has 0 unspecified atom stereocenters. The Bertz CT molecular complexity index is 1490. The average Bonchev–Trinajstić information content (AvgIpc) is 3.48. The summed E-state index contributed by atoms with van der Waals surface area (Å²) in [6, 6.07) is 2.88. The first-order valence-corrected chi connectivity index (χ1v) is 14.5. The maximum atomic E-state index is 14.9.